The Hall–Kier alpha value is -3.73. The van der Waals surface area contributed by atoms with Gasteiger partial charge in [0.15, 0.2) is 15.9 Å². The Labute approximate surface area is 240 Å². The molecule has 1 aliphatic heterocycles. The molecular weight excluding hydrogens is 598 g/mol. The quantitative estimate of drug-likeness (QED) is 0.115. The van der Waals surface area contributed by atoms with Crippen LogP contribution in [0.15, 0.2) is 103 Å². The highest BCUT2D eigenvalue weighted by atomic mass is 79.9. The summed E-state index contributed by atoms with van der Waals surface area (Å²) >= 11 is 6.18. The molecule has 3 heterocycles. The summed E-state index contributed by atoms with van der Waals surface area (Å²) in [5.74, 6) is -1.17. The Bertz CT molecular complexity index is 1710. The molecule has 0 unspecified atom stereocenters. The van der Waals surface area contributed by atoms with E-state index in [1.54, 1.807) is 24.3 Å². The molecular formula is C29H20BrN3O4S2. The molecule has 1 aliphatic rings. The van der Waals surface area contributed by atoms with Gasteiger partial charge in [0, 0.05) is 15.6 Å². The average molecular weight is 619 g/mol. The average Bonchev–Trinajstić information content (AvgIpc) is 3.65. The van der Waals surface area contributed by atoms with Crippen molar-refractivity contribution < 1.29 is 19.1 Å². The largest absolute Gasteiger partial charge is 0.503 e. The summed E-state index contributed by atoms with van der Waals surface area (Å²) < 4.78 is 7.30. The zero-order valence-electron chi connectivity index (χ0n) is 20.5. The molecule has 0 radical (unpaired) electrons. The highest BCUT2D eigenvalue weighted by molar-refractivity contribution is 9.10. The predicted molar refractivity (Wildman–Crippen MR) is 155 cm³/mol. The second-order valence-electron chi connectivity index (χ2n) is 8.99. The number of hydrogen-bond donors (Lipinski definition) is 1. The van der Waals surface area contributed by atoms with Crippen molar-refractivity contribution in [1.82, 2.24) is 10.2 Å². The summed E-state index contributed by atoms with van der Waals surface area (Å²) in [6, 6.07) is 23.4. The molecule has 194 valence electrons. The third kappa shape index (κ3) is 4.91. The number of anilines is 1. The van der Waals surface area contributed by atoms with Gasteiger partial charge in [-0.2, -0.15) is 0 Å². The first-order valence-electron chi connectivity index (χ1n) is 12.0. The molecule has 39 heavy (non-hydrogen) atoms. The van der Waals surface area contributed by atoms with Gasteiger partial charge in [-0.05, 0) is 42.3 Å². The maximum absolute atomic E-state index is 13.8. The molecule has 6 rings (SSSR count). The Morgan fingerprint density at radius 1 is 1.08 bits per heavy atom. The molecule has 7 nitrogen and oxygen atoms in total. The molecule has 1 amide bonds. The fourth-order valence-corrected chi connectivity index (χ4v) is 6.50. The molecule has 5 aromatic rings. The highest BCUT2D eigenvalue weighted by Gasteiger charge is 2.46. The third-order valence-corrected chi connectivity index (χ3v) is 9.03. The summed E-state index contributed by atoms with van der Waals surface area (Å²) in [5, 5.41) is 20.6. The van der Waals surface area contributed by atoms with Gasteiger partial charge in [0.25, 0.3) is 5.91 Å². The van der Waals surface area contributed by atoms with Crippen LogP contribution in [0.1, 0.15) is 33.3 Å². The molecule has 2 aromatic heterocycles. The van der Waals surface area contributed by atoms with E-state index in [-0.39, 0.29) is 11.3 Å². The lowest BCUT2D eigenvalue weighted by molar-refractivity contribution is -0.117. The van der Waals surface area contributed by atoms with Gasteiger partial charge >= 0.3 is 0 Å². The van der Waals surface area contributed by atoms with Crippen molar-refractivity contribution in [3.05, 3.63) is 117 Å². The third-order valence-electron chi connectivity index (χ3n) is 6.37. The van der Waals surface area contributed by atoms with Crippen molar-refractivity contribution in [3.8, 4) is 0 Å². The molecule has 0 spiro atoms. The standard InChI is InChI=1S/C29H20BrN3O4S2/c1-16-6-8-17(9-7-16)15-38-29-32-31-28(39-29)33-24(18-10-12-20(30)13-11-18)23(26(35)27(33)36)25(34)22-14-19-4-2-3-5-21(19)37-22/h2-14,24,35H,15H2,1H3/t24-/m0/s1. The monoisotopic (exact) mass is 617 g/mol. The van der Waals surface area contributed by atoms with Gasteiger partial charge in [-0.15, -0.1) is 10.2 Å². The zero-order valence-corrected chi connectivity index (χ0v) is 23.7. The van der Waals surface area contributed by atoms with E-state index in [0.29, 0.717) is 26.4 Å². The van der Waals surface area contributed by atoms with Crippen LogP contribution >= 0.6 is 39.0 Å². The number of carbonyl (C=O) groups excluding carboxylic acids is 2. The van der Waals surface area contributed by atoms with Crippen molar-refractivity contribution in [2.45, 2.75) is 23.1 Å². The molecule has 0 fully saturated rings. The van der Waals surface area contributed by atoms with Crippen LogP contribution in [-0.2, 0) is 10.5 Å². The van der Waals surface area contributed by atoms with E-state index >= 15 is 0 Å². The fourth-order valence-electron chi connectivity index (χ4n) is 4.41. The number of aliphatic hydroxyl groups is 1. The number of ketones is 1. The molecule has 0 aliphatic carbocycles. The summed E-state index contributed by atoms with van der Waals surface area (Å²) in [4.78, 5) is 28.5. The molecule has 1 atom stereocenters. The highest BCUT2D eigenvalue weighted by Crippen LogP contribution is 2.44. The number of rotatable bonds is 7. The summed E-state index contributed by atoms with van der Waals surface area (Å²) in [5.41, 5.74) is 3.45. The van der Waals surface area contributed by atoms with Gasteiger partial charge in [0.2, 0.25) is 10.9 Å². The number of fused-ring (bicyclic) bond motifs is 1. The van der Waals surface area contributed by atoms with Crippen LogP contribution in [-0.4, -0.2) is 27.0 Å². The molecule has 3 aromatic carbocycles. The summed E-state index contributed by atoms with van der Waals surface area (Å²) in [6.45, 7) is 2.04. The van der Waals surface area contributed by atoms with E-state index in [0.717, 1.165) is 15.4 Å². The Morgan fingerprint density at radius 3 is 2.56 bits per heavy atom. The Kier molecular flexibility index (Phi) is 6.84. The molecule has 0 bridgehead atoms. The fraction of sp³-hybridized carbons (Fsp3) is 0.103. The Morgan fingerprint density at radius 2 is 1.82 bits per heavy atom. The number of thioether (sulfide) groups is 1. The number of Topliss-reactive ketones (excluding diaryl/α,β-unsaturated/α-hetero) is 1. The minimum absolute atomic E-state index is 0.0427. The van der Waals surface area contributed by atoms with Crippen LogP contribution < -0.4 is 4.90 Å². The summed E-state index contributed by atoms with van der Waals surface area (Å²) in [7, 11) is 0. The SMILES string of the molecule is Cc1ccc(CSc2nnc(N3C(=O)C(O)=C(C(=O)c4cc5ccccc5o4)[C@@H]3c3ccc(Br)cc3)s2)cc1. The van der Waals surface area contributed by atoms with Crippen molar-refractivity contribution in [1.29, 1.82) is 0 Å². The summed E-state index contributed by atoms with van der Waals surface area (Å²) in [6.07, 6.45) is 0. The van der Waals surface area contributed by atoms with Crippen LogP contribution in [0.4, 0.5) is 5.13 Å². The van der Waals surface area contributed by atoms with E-state index in [9.17, 15) is 14.7 Å². The van der Waals surface area contributed by atoms with E-state index in [1.165, 1.54) is 33.6 Å². The van der Waals surface area contributed by atoms with Gasteiger partial charge in [0.1, 0.15) is 5.58 Å². The predicted octanol–water partition coefficient (Wildman–Crippen LogP) is 7.43. The molecule has 1 N–H and O–H groups in total. The van der Waals surface area contributed by atoms with Crippen molar-refractivity contribution in [2.75, 3.05) is 4.90 Å². The lowest BCUT2D eigenvalue weighted by atomic mass is 9.95. The zero-order chi connectivity index (χ0) is 27.1. The number of benzene rings is 3. The van der Waals surface area contributed by atoms with Gasteiger partial charge in [-0.3, -0.25) is 14.5 Å². The number of aromatic nitrogens is 2. The smallest absolute Gasteiger partial charge is 0.296 e. The topological polar surface area (TPSA) is 96.5 Å². The first kappa shape index (κ1) is 25.5. The van der Waals surface area contributed by atoms with Crippen molar-refractivity contribution in [3.63, 3.8) is 0 Å². The van der Waals surface area contributed by atoms with Gasteiger partial charge < -0.3 is 9.52 Å². The van der Waals surface area contributed by atoms with Crippen molar-refractivity contribution >= 4 is 66.8 Å². The van der Waals surface area contributed by atoms with E-state index in [4.69, 9.17) is 4.42 Å². The number of aryl methyl sites for hydroxylation is 1. The lowest BCUT2D eigenvalue weighted by Crippen LogP contribution is -2.31. The number of halogens is 1. The first-order chi connectivity index (χ1) is 18.9. The van der Waals surface area contributed by atoms with Crippen LogP contribution in [0, 0.1) is 6.92 Å². The van der Waals surface area contributed by atoms with Crippen LogP contribution in [0.5, 0.6) is 0 Å². The number of hydrogen-bond acceptors (Lipinski definition) is 8. The van der Waals surface area contributed by atoms with E-state index < -0.39 is 23.5 Å². The molecule has 10 heteroatoms. The van der Waals surface area contributed by atoms with E-state index in [2.05, 4.69) is 50.4 Å². The molecule has 0 saturated carbocycles. The second-order valence-corrected chi connectivity index (χ2v) is 12.1. The van der Waals surface area contributed by atoms with E-state index in [1.807, 2.05) is 37.3 Å². The maximum atomic E-state index is 13.8. The first-order valence-corrected chi connectivity index (χ1v) is 14.6. The number of para-hydroxylation sites is 1. The van der Waals surface area contributed by atoms with Crippen LogP contribution in [0.3, 0.4) is 0 Å². The van der Waals surface area contributed by atoms with Gasteiger partial charge in [0.05, 0.1) is 11.6 Å². The van der Waals surface area contributed by atoms with Crippen LogP contribution in [0.25, 0.3) is 11.0 Å². The van der Waals surface area contributed by atoms with Gasteiger partial charge in [-0.25, -0.2) is 0 Å². The normalized spacial score (nSPS) is 15.5. The Balaban J connectivity index is 1.35. The number of nitrogens with zero attached hydrogens (tertiary/aromatic N) is 3. The molecule has 0 saturated heterocycles. The lowest BCUT2D eigenvalue weighted by Gasteiger charge is -2.23. The van der Waals surface area contributed by atoms with Gasteiger partial charge in [-0.1, -0.05) is 99.2 Å². The number of amides is 1. The second kappa shape index (κ2) is 10.4. The maximum Gasteiger partial charge on any atom is 0.296 e. The van der Waals surface area contributed by atoms with Crippen molar-refractivity contribution in [2.24, 2.45) is 0 Å². The number of furan rings is 1. The number of aliphatic hydroxyl groups excluding tert-OH is 1. The minimum atomic E-state index is -0.908. The van der Waals surface area contributed by atoms with Crippen LogP contribution in [0.2, 0.25) is 0 Å². The minimum Gasteiger partial charge on any atom is -0.503 e. The number of carbonyl (C=O) groups is 2.